The molecule has 0 radical (unpaired) electrons. The van der Waals surface area contributed by atoms with Gasteiger partial charge in [-0.3, -0.25) is 0 Å². The molecule has 2 nitrogen and oxygen atoms in total. The third-order valence-corrected chi connectivity index (χ3v) is 7.36. The summed E-state index contributed by atoms with van der Waals surface area (Å²) in [7, 11) is 0. The smallest absolute Gasteiger partial charge is 0.0906 e. The molecule has 21 heavy (non-hydrogen) atoms. The van der Waals surface area contributed by atoms with Gasteiger partial charge in [0.15, 0.2) is 0 Å². The summed E-state index contributed by atoms with van der Waals surface area (Å²) in [5.74, 6) is 0. The van der Waals surface area contributed by atoms with Crippen molar-refractivity contribution in [3.05, 3.63) is 33.6 Å². The maximum atomic E-state index is 6.14. The van der Waals surface area contributed by atoms with Crippen molar-refractivity contribution >= 4 is 34.2 Å². The first-order valence-electron chi connectivity index (χ1n) is 7.38. The second-order valence-electron chi connectivity index (χ2n) is 7.47. The van der Waals surface area contributed by atoms with Gasteiger partial charge in [0, 0.05) is 10.8 Å². The fraction of sp³-hybridized carbons (Fsp3) is 0.529. The standard InChI is InChI=1S/C17H18Cl2N2/c1-15(2)16(3)5-6-17(15,4)14-13(16)20-11-7-9(18)10(19)8-12(11)21-14/h7-8H,5-6H2,1-4H3. The van der Waals surface area contributed by atoms with Crippen molar-refractivity contribution in [2.45, 2.75) is 51.4 Å². The molecule has 1 saturated carbocycles. The highest BCUT2D eigenvalue weighted by molar-refractivity contribution is 6.42. The highest BCUT2D eigenvalue weighted by Gasteiger charge is 2.67. The van der Waals surface area contributed by atoms with Crippen LogP contribution in [0.15, 0.2) is 12.1 Å². The predicted molar refractivity (Wildman–Crippen MR) is 87.3 cm³/mol. The first-order valence-corrected chi connectivity index (χ1v) is 8.14. The van der Waals surface area contributed by atoms with Crippen molar-refractivity contribution in [2.75, 3.05) is 0 Å². The van der Waals surface area contributed by atoms with Crippen molar-refractivity contribution in [1.82, 2.24) is 9.97 Å². The quantitative estimate of drug-likeness (QED) is 0.659. The summed E-state index contributed by atoms with van der Waals surface area (Å²) in [6, 6.07) is 3.66. The second kappa shape index (κ2) is 3.72. The Kier molecular flexibility index (Phi) is 2.44. The zero-order valence-corrected chi connectivity index (χ0v) is 14.2. The molecule has 1 aromatic carbocycles. The van der Waals surface area contributed by atoms with Crippen LogP contribution in [0.3, 0.4) is 0 Å². The lowest BCUT2D eigenvalue weighted by atomic mass is 9.65. The van der Waals surface area contributed by atoms with Crippen LogP contribution >= 0.6 is 23.2 Å². The number of fused-ring (bicyclic) bond motifs is 6. The normalized spacial score (nSPS) is 32.7. The van der Waals surface area contributed by atoms with Crippen LogP contribution in [-0.2, 0) is 10.8 Å². The zero-order valence-electron chi connectivity index (χ0n) is 12.7. The maximum absolute atomic E-state index is 6.14. The average molecular weight is 321 g/mol. The van der Waals surface area contributed by atoms with E-state index in [-0.39, 0.29) is 16.2 Å². The molecule has 110 valence electrons. The molecule has 2 aliphatic rings. The molecule has 2 bridgehead atoms. The van der Waals surface area contributed by atoms with E-state index in [1.54, 1.807) is 0 Å². The van der Waals surface area contributed by atoms with E-state index in [0.29, 0.717) is 10.0 Å². The van der Waals surface area contributed by atoms with Crippen LogP contribution in [0.2, 0.25) is 10.0 Å². The summed E-state index contributed by atoms with van der Waals surface area (Å²) in [4.78, 5) is 9.89. The van der Waals surface area contributed by atoms with Crippen molar-refractivity contribution in [3.8, 4) is 0 Å². The molecular weight excluding hydrogens is 303 g/mol. The lowest BCUT2D eigenvalue weighted by molar-refractivity contribution is 0.168. The minimum atomic E-state index is 0.0877. The predicted octanol–water partition coefficient (Wildman–Crippen LogP) is 5.29. The van der Waals surface area contributed by atoms with E-state index in [4.69, 9.17) is 33.2 Å². The highest BCUT2D eigenvalue weighted by Crippen LogP contribution is 2.69. The average Bonchev–Trinajstić information content (AvgIpc) is 2.67. The van der Waals surface area contributed by atoms with E-state index in [1.807, 2.05) is 12.1 Å². The Labute approximate surface area is 134 Å². The summed E-state index contributed by atoms with van der Waals surface area (Å²) in [6.45, 7) is 9.38. The second-order valence-corrected chi connectivity index (χ2v) is 8.28. The largest absolute Gasteiger partial charge is 0.249 e. The van der Waals surface area contributed by atoms with Gasteiger partial charge in [-0.2, -0.15) is 0 Å². The molecule has 0 N–H and O–H groups in total. The van der Waals surface area contributed by atoms with Crippen LogP contribution in [-0.4, -0.2) is 9.97 Å². The Morgan fingerprint density at radius 3 is 1.57 bits per heavy atom. The van der Waals surface area contributed by atoms with Crippen molar-refractivity contribution in [2.24, 2.45) is 5.41 Å². The van der Waals surface area contributed by atoms with Crippen molar-refractivity contribution in [3.63, 3.8) is 0 Å². The van der Waals surface area contributed by atoms with Gasteiger partial charge in [-0.05, 0) is 30.4 Å². The summed E-state index contributed by atoms with van der Waals surface area (Å²) in [5.41, 5.74) is 4.34. The van der Waals surface area contributed by atoms with E-state index >= 15 is 0 Å². The Hall–Kier alpha value is -0.860. The van der Waals surface area contributed by atoms with Gasteiger partial charge in [-0.25, -0.2) is 9.97 Å². The molecule has 4 rings (SSSR count). The summed E-state index contributed by atoms with van der Waals surface area (Å²) in [5, 5.41) is 1.08. The molecule has 2 aliphatic carbocycles. The van der Waals surface area contributed by atoms with E-state index < -0.39 is 0 Å². The monoisotopic (exact) mass is 320 g/mol. The van der Waals surface area contributed by atoms with Gasteiger partial charge in [-0.1, -0.05) is 50.9 Å². The van der Waals surface area contributed by atoms with E-state index in [2.05, 4.69) is 27.7 Å². The van der Waals surface area contributed by atoms with Crippen molar-refractivity contribution < 1.29 is 0 Å². The number of rotatable bonds is 0. The van der Waals surface area contributed by atoms with E-state index in [0.717, 1.165) is 22.4 Å². The first-order chi connectivity index (χ1) is 9.71. The van der Waals surface area contributed by atoms with Gasteiger partial charge >= 0.3 is 0 Å². The highest BCUT2D eigenvalue weighted by atomic mass is 35.5. The number of halogens is 2. The van der Waals surface area contributed by atoms with Gasteiger partial charge in [0.05, 0.1) is 32.5 Å². The number of hydrogen-bond acceptors (Lipinski definition) is 2. The number of nitrogens with zero attached hydrogens (tertiary/aromatic N) is 2. The molecule has 1 aromatic heterocycles. The molecule has 0 saturated heterocycles. The van der Waals surface area contributed by atoms with Crippen LogP contribution in [0.25, 0.3) is 11.0 Å². The van der Waals surface area contributed by atoms with Gasteiger partial charge < -0.3 is 0 Å². The zero-order chi connectivity index (χ0) is 15.2. The lowest BCUT2D eigenvalue weighted by Crippen LogP contribution is -2.38. The third kappa shape index (κ3) is 1.37. The van der Waals surface area contributed by atoms with Crippen LogP contribution in [0, 0.1) is 5.41 Å². The van der Waals surface area contributed by atoms with Gasteiger partial charge in [0.25, 0.3) is 0 Å². The molecule has 0 spiro atoms. The number of aromatic nitrogens is 2. The molecular formula is C17H18Cl2N2. The lowest BCUT2D eigenvalue weighted by Gasteiger charge is -2.38. The molecule has 2 atom stereocenters. The fourth-order valence-electron chi connectivity index (χ4n) is 4.38. The molecule has 2 aromatic rings. The summed E-state index contributed by atoms with van der Waals surface area (Å²) < 4.78 is 0. The molecule has 0 aliphatic heterocycles. The Morgan fingerprint density at radius 2 is 1.19 bits per heavy atom. The minimum Gasteiger partial charge on any atom is -0.249 e. The van der Waals surface area contributed by atoms with Crippen molar-refractivity contribution in [1.29, 1.82) is 0 Å². The maximum Gasteiger partial charge on any atom is 0.0906 e. The van der Waals surface area contributed by atoms with Gasteiger partial charge in [0.1, 0.15) is 0 Å². The Morgan fingerprint density at radius 1 is 0.810 bits per heavy atom. The number of hydrogen-bond donors (Lipinski definition) is 0. The fourth-order valence-corrected chi connectivity index (χ4v) is 4.70. The van der Waals surface area contributed by atoms with Crippen LogP contribution in [0.1, 0.15) is 51.9 Å². The van der Waals surface area contributed by atoms with E-state index in [9.17, 15) is 0 Å². The van der Waals surface area contributed by atoms with Crippen LogP contribution < -0.4 is 0 Å². The van der Waals surface area contributed by atoms with Crippen LogP contribution in [0.5, 0.6) is 0 Å². The topological polar surface area (TPSA) is 25.8 Å². The minimum absolute atomic E-state index is 0.0877. The molecule has 1 heterocycles. The SMILES string of the molecule is CC12CCC(C)(c3nc4cc(Cl)c(Cl)cc4nc31)C2(C)C. The summed E-state index contributed by atoms with van der Waals surface area (Å²) >= 11 is 12.3. The molecule has 0 amide bonds. The van der Waals surface area contributed by atoms with E-state index in [1.165, 1.54) is 12.8 Å². The molecule has 2 unspecified atom stereocenters. The van der Waals surface area contributed by atoms with Gasteiger partial charge in [0.2, 0.25) is 0 Å². The molecule has 4 heteroatoms. The van der Waals surface area contributed by atoms with Gasteiger partial charge in [-0.15, -0.1) is 0 Å². The Bertz CT molecular complexity index is 734. The first kappa shape index (κ1) is 13.8. The van der Waals surface area contributed by atoms with Crippen LogP contribution in [0.4, 0.5) is 0 Å². The Balaban J connectivity index is 2.10. The molecule has 1 fully saturated rings. The number of benzene rings is 1. The third-order valence-electron chi connectivity index (χ3n) is 6.64. The summed E-state index contributed by atoms with van der Waals surface area (Å²) in [6.07, 6.45) is 2.34.